The summed E-state index contributed by atoms with van der Waals surface area (Å²) in [4.78, 5) is 26.1. The number of thiophene rings is 1. The quantitative estimate of drug-likeness (QED) is 0.928. The number of amides is 2. The van der Waals surface area contributed by atoms with Crippen molar-refractivity contribution in [3.8, 4) is 5.75 Å². The van der Waals surface area contributed by atoms with Crippen LogP contribution >= 0.6 is 11.3 Å². The van der Waals surface area contributed by atoms with Gasteiger partial charge in [-0.3, -0.25) is 9.59 Å². The summed E-state index contributed by atoms with van der Waals surface area (Å²) in [5.74, 6) is 0.352. The Morgan fingerprint density at radius 2 is 2.19 bits per heavy atom. The van der Waals surface area contributed by atoms with E-state index in [-0.39, 0.29) is 11.8 Å². The van der Waals surface area contributed by atoms with Gasteiger partial charge in [0.15, 0.2) is 6.10 Å². The molecule has 1 aromatic carbocycles. The SMILES string of the molecule is CC1Oc2cc(NC(=O)c3cccs3)ccc2N(C)C1=O. The van der Waals surface area contributed by atoms with Gasteiger partial charge >= 0.3 is 0 Å². The predicted octanol–water partition coefficient (Wildman–Crippen LogP) is 2.74. The molecule has 6 heteroatoms. The molecule has 1 atom stereocenters. The summed E-state index contributed by atoms with van der Waals surface area (Å²) in [6.07, 6.45) is -0.522. The topological polar surface area (TPSA) is 58.6 Å². The van der Waals surface area contributed by atoms with Crippen LogP contribution in [0.15, 0.2) is 35.7 Å². The summed E-state index contributed by atoms with van der Waals surface area (Å²) in [6, 6.07) is 8.86. The number of nitrogens with zero attached hydrogens (tertiary/aromatic N) is 1. The largest absolute Gasteiger partial charge is 0.479 e. The Kier molecular flexibility index (Phi) is 3.39. The molecule has 0 spiro atoms. The van der Waals surface area contributed by atoms with E-state index in [1.807, 2.05) is 11.4 Å². The minimum Gasteiger partial charge on any atom is -0.479 e. The van der Waals surface area contributed by atoms with E-state index in [1.165, 1.54) is 11.3 Å². The minimum absolute atomic E-state index is 0.0853. The van der Waals surface area contributed by atoms with E-state index in [4.69, 9.17) is 4.74 Å². The van der Waals surface area contributed by atoms with Crippen molar-refractivity contribution in [1.82, 2.24) is 0 Å². The fourth-order valence-corrected chi connectivity index (χ4v) is 2.82. The molecule has 0 aliphatic carbocycles. The molecule has 0 radical (unpaired) electrons. The first kappa shape index (κ1) is 13.6. The number of carbonyl (C=O) groups is 2. The smallest absolute Gasteiger partial charge is 0.267 e. The molecule has 0 fully saturated rings. The maximum absolute atomic E-state index is 12.0. The zero-order chi connectivity index (χ0) is 15.0. The second-order valence-corrected chi connectivity index (χ2v) is 5.72. The van der Waals surface area contributed by atoms with Gasteiger partial charge in [0, 0.05) is 18.8 Å². The average Bonchev–Trinajstić information content (AvgIpc) is 2.99. The van der Waals surface area contributed by atoms with Gasteiger partial charge in [-0.1, -0.05) is 6.07 Å². The Labute approximate surface area is 126 Å². The Balaban J connectivity index is 1.85. The van der Waals surface area contributed by atoms with Gasteiger partial charge in [-0.2, -0.15) is 0 Å². The van der Waals surface area contributed by atoms with E-state index in [2.05, 4.69) is 5.32 Å². The molecule has 3 rings (SSSR count). The molecule has 5 nitrogen and oxygen atoms in total. The lowest BCUT2D eigenvalue weighted by atomic mass is 10.2. The predicted molar refractivity (Wildman–Crippen MR) is 82.2 cm³/mol. The van der Waals surface area contributed by atoms with Crippen molar-refractivity contribution in [2.24, 2.45) is 0 Å². The van der Waals surface area contributed by atoms with Crippen LogP contribution in [0, 0.1) is 0 Å². The Hall–Kier alpha value is -2.34. The van der Waals surface area contributed by atoms with Crippen LogP contribution in [0.4, 0.5) is 11.4 Å². The van der Waals surface area contributed by atoms with Gasteiger partial charge in [-0.05, 0) is 30.5 Å². The standard InChI is InChI=1S/C15H14N2O3S/c1-9-15(19)17(2)11-6-5-10(8-12(11)20-9)16-14(18)13-4-3-7-21-13/h3-9H,1-2H3,(H,16,18). The number of likely N-dealkylation sites (N-methyl/N-ethyl adjacent to an activating group) is 1. The Bertz CT molecular complexity index is 697. The van der Waals surface area contributed by atoms with E-state index in [0.717, 1.165) is 0 Å². The van der Waals surface area contributed by atoms with Crippen LogP contribution in [0.5, 0.6) is 5.75 Å². The first-order chi connectivity index (χ1) is 10.1. The molecule has 108 valence electrons. The molecule has 2 amide bonds. The zero-order valence-electron chi connectivity index (χ0n) is 11.6. The van der Waals surface area contributed by atoms with Crippen molar-refractivity contribution in [3.05, 3.63) is 40.6 Å². The minimum atomic E-state index is -0.522. The van der Waals surface area contributed by atoms with E-state index in [9.17, 15) is 9.59 Å². The van der Waals surface area contributed by atoms with E-state index in [0.29, 0.717) is 22.0 Å². The van der Waals surface area contributed by atoms with Crippen LogP contribution in [0.3, 0.4) is 0 Å². The molecular formula is C15H14N2O3S. The molecule has 0 saturated heterocycles. The van der Waals surface area contributed by atoms with Crippen molar-refractivity contribution < 1.29 is 14.3 Å². The molecule has 1 aliphatic rings. The first-order valence-corrected chi connectivity index (χ1v) is 7.37. The van der Waals surface area contributed by atoms with Gasteiger partial charge in [0.2, 0.25) is 0 Å². The normalized spacial score (nSPS) is 17.1. The van der Waals surface area contributed by atoms with Gasteiger partial charge in [0.05, 0.1) is 10.6 Å². The van der Waals surface area contributed by atoms with Gasteiger partial charge in [0.1, 0.15) is 5.75 Å². The molecule has 2 aromatic rings. The molecule has 2 heterocycles. The number of ether oxygens (including phenoxy) is 1. The molecule has 1 N–H and O–H groups in total. The fourth-order valence-electron chi connectivity index (χ4n) is 2.20. The van der Waals surface area contributed by atoms with Crippen LogP contribution in [0.1, 0.15) is 16.6 Å². The third-order valence-electron chi connectivity index (χ3n) is 3.31. The van der Waals surface area contributed by atoms with Crippen molar-refractivity contribution in [3.63, 3.8) is 0 Å². The van der Waals surface area contributed by atoms with Crippen molar-refractivity contribution in [1.29, 1.82) is 0 Å². The third kappa shape index (κ3) is 2.50. The van der Waals surface area contributed by atoms with Gasteiger partial charge < -0.3 is 15.0 Å². The zero-order valence-corrected chi connectivity index (χ0v) is 12.4. The Morgan fingerprint density at radius 3 is 2.90 bits per heavy atom. The summed E-state index contributed by atoms with van der Waals surface area (Å²) in [5.41, 5.74) is 1.34. The molecule has 0 bridgehead atoms. The second-order valence-electron chi connectivity index (χ2n) is 4.77. The number of hydrogen-bond acceptors (Lipinski definition) is 4. The van der Waals surface area contributed by atoms with Crippen LogP contribution in [-0.4, -0.2) is 25.0 Å². The summed E-state index contributed by atoms with van der Waals surface area (Å²) >= 11 is 1.38. The maximum Gasteiger partial charge on any atom is 0.267 e. The van der Waals surface area contributed by atoms with Gasteiger partial charge in [0.25, 0.3) is 11.8 Å². The molecule has 21 heavy (non-hydrogen) atoms. The van der Waals surface area contributed by atoms with E-state index >= 15 is 0 Å². The van der Waals surface area contributed by atoms with Crippen LogP contribution in [-0.2, 0) is 4.79 Å². The first-order valence-electron chi connectivity index (χ1n) is 6.49. The highest BCUT2D eigenvalue weighted by atomic mass is 32.1. The van der Waals surface area contributed by atoms with Gasteiger partial charge in [-0.15, -0.1) is 11.3 Å². The maximum atomic E-state index is 12.0. The fraction of sp³-hybridized carbons (Fsp3) is 0.200. The molecule has 1 unspecified atom stereocenters. The van der Waals surface area contributed by atoms with E-state index < -0.39 is 6.10 Å². The highest BCUT2D eigenvalue weighted by Gasteiger charge is 2.28. The summed E-state index contributed by atoms with van der Waals surface area (Å²) in [5, 5.41) is 4.68. The third-order valence-corrected chi connectivity index (χ3v) is 4.17. The molecule has 0 saturated carbocycles. The van der Waals surface area contributed by atoms with Crippen LogP contribution in [0.25, 0.3) is 0 Å². The number of fused-ring (bicyclic) bond motifs is 1. The van der Waals surface area contributed by atoms with Crippen LogP contribution in [0.2, 0.25) is 0 Å². The van der Waals surface area contributed by atoms with Crippen molar-refractivity contribution in [2.45, 2.75) is 13.0 Å². The highest BCUT2D eigenvalue weighted by molar-refractivity contribution is 7.12. The lowest BCUT2D eigenvalue weighted by Crippen LogP contribution is -2.41. The number of carbonyl (C=O) groups excluding carboxylic acids is 2. The molecular weight excluding hydrogens is 288 g/mol. The number of anilines is 2. The molecule has 1 aliphatic heterocycles. The van der Waals surface area contributed by atoms with E-state index in [1.54, 1.807) is 43.1 Å². The summed E-state index contributed by atoms with van der Waals surface area (Å²) < 4.78 is 5.59. The number of hydrogen-bond donors (Lipinski definition) is 1. The summed E-state index contributed by atoms with van der Waals surface area (Å²) in [7, 11) is 1.71. The average molecular weight is 302 g/mol. The van der Waals surface area contributed by atoms with Gasteiger partial charge in [-0.25, -0.2) is 0 Å². The number of rotatable bonds is 2. The lowest BCUT2D eigenvalue weighted by Gasteiger charge is -2.30. The number of nitrogens with one attached hydrogen (secondary N) is 1. The van der Waals surface area contributed by atoms with Crippen LogP contribution < -0.4 is 15.0 Å². The van der Waals surface area contributed by atoms with Crippen molar-refractivity contribution in [2.75, 3.05) is 17.3 Å². The lowest BCUT2D eigenvalue weighted by molar-refractivity contribution is -0.125. The highest BCUT2D eigenvalue weighted by Crippen LogP contribution is 2.35. The van der Waals surface area contributed by atoms with Crippen molar-refractivity contribution >= 4 is 34.5 Å². The second kappa shape index (κ2) is 5.21. The molecule has 1 aromatic heterocycles. The number of benzene rings is 1. The Morgan fingerprint density at radius 1 is 1.38 bits per heavy atom. The monoisotopic (exact) mass is 302 g/mol. The summed E-state index contributed by atoms with van der Waals surface area (Å²) in [6.45, 7) is 1.71.